The van der Waals surface area contributed by atoms with Crippen LogP contribution in [0.15, 0.2) is 4.79 Å². The van der Waals surface area contributed by atoms with Gasteiger partial charge in [-0.3, -0.25) is 14.4 Å². The molecule has 0 aromatic carbocycles. The highest BCUT2D eigenvalue weighted by molar-refractivity contribution is 5.94. The number of hydrogen-bond acceptors (Lipinski definition) is 5. The van der Waals surface area contributed by atoms with Gasteiger partial charge in [0.15, 0.2) is 0 Å². The van der Waals surface area contributed by atoms with E-state index in [4.69, 9.17) is 4.74 Å². The van der Waals surface area contributed by atoms with Crippen molar-refractivity contribution in [2.45, 2.75) is 39.0 Å². The molecular formula is C14H19N3O4. The lowest BCUT2D eigenvalue weighted by Gasteiger charge is -2.08. The van der Waals surface area contributed by atoms with E-state index in [1.807, 2.05) is 0 Å². The van der Waals surface area contributed by atoms with E-state index in [-0.39, 0.29) is 24.5 Å². The number of rotatable bonds is 6. The molecule has 0 spiro atoms. The van der Waals surface area contributed by atoms with Crippen LogP contribution in [0, 0.1) is 6.92 Å². The SMILES string of the molecule is CCOC(=O)CCNC(=O)c1c(C)nc(C2CC2)[nH]c1=O. The minimum Gasteiger partial charge on any atom is -0.466 e. The number of carbonyl (C=O) groups excluding carboxylic acids is 2. The topological polar surface area (TPSA) is 101 Å². The third-order valence-electron chi connectivity index (χ3n) is 3.23. The molecule has 1 fully saturated rings. The minimum atomic E-state index is -0.520. The van der Waals surface area contributed by atoms with Gasteiger partial charge in [0.2, 0.25) is 0 Å². The number of esters is 1. The van der Waals surface area contributed by atoms with Gasteiger partial charge in [0.05, 0.1) is 18.7 Å². The van der Waals surface area contributed by atoms with Gasteiger partial charge in [0, 0.05) is 12.5 Å². The molecule has 0 atom stereocenters. The lowest BCUT2D eigenvalue weighted by Crippen LogP contribution is -2.33. The van der Waals surface area contributed by atoms with Crippen LogP contribution in [0.5, 0.6) is 0 Å². The summed E-state index contributed by atoms with van der Waals surface area (Å²) in [6, 6.07) is 0. The van der Waals surface area contributed by atoms with E-state index in [2.05, 4.69) is 15.3 Å². The van der Waals surface area contributed by atoms with Crippen molar-refractivity contribution in [3.05, 3.63) is 27.4 Å². The molecule has 1 aromatic heterocycles. The molecule has 21 heavy (non-hydrogen) atoms. The molecule has 1 amide bonds. The van der Waals surface area contributed by atoms with E-state index < -0.39 is 11.5 Å². The second kappa shape index (κ2) is 6.51. The lowest BCUT2D eigenvalue weighted by molar-refractivity contribution is -0.142. The third-order valence-corrected chi connectivity index (χ3v) is 3.23. The number of hydrogen-bond donors (Lipinski definition) is 2. The Labute approximate surface area is 122 Å². The van der Waals surface area contributed by atoms with Gasteiger partial charge in [0.1, 0.15) is 11.4 Å². The van der Waals surface area contributed by atoms with E-state index >= 15 is 0 Å². The summed E-state index contributed by atoms with van der Waals surface area (Å²) in [5.41, 5.74) is -0.0180. The first-order valence-corrected chi connectivity index (χ1v) is 7.07. The first kappa shape index (κ1) is 15.2. The molecule has 7 nitrogen and oxygen atoms in total. The Morgan fingerprint density at radius 3 is 2.71 bits per heavy atom. The van der Waals surface area contributed by atoms with E-state index in [1.54, 1.807) is 13.8 Å². The van der Waals surface area contributed by atoms with E-state index in [0.717, 1.165) is 12.8 Å². The highest BCUT2D eigenvalue weighted by atomic mass is 16.5. The molecule has 0 aliphatic heterocycles. The maximum atomic E-state index is 12.0. The van der Waals surface area contributed by atoms with Gasteiger partial charge < -0.3 is 15.0 Å². The first-order chi connectivity index (χ1) is 10.0. The highest BCUT2D eigenvalue weighted by Crippen LogP contribution is 2.37. The van der Waals surface area contributed by atoms with Crippen molar-refractivity contribution in [3.8, 4) is 0 Å². The van der Waals surface area contributed by atoms with E-state index in [9.17, 15) is 14.4 Å². The Morgan fingerprint density at radius 2 is 2.14 bits per heavy atom. The van der Waals surface area contributed by atoms with Crippen LogP contribution >= 0.6 is 0 Å². The smallest absolute Gasteiger partial charge is 0.307 e. The summed E-state index contributed by atoms with van der Waals surface area (Å²) < 4.78 is 4.76. The van der Waals surface area contributed by atoms with Crippen LogP contribution in [0.2, 0.25) is 0 Å². The van der Waals surface area contributed by atoms with Crippen LogP contribution < -0.4 is 10.9 Å². The van der Waals surface area contributed by atoms with Crippen LogP contribution in [0.4, 0.5) is 0 Å². The Balaban J connectivity index is 1.99. The van der Waals surface area contributed by atoms with Crippen molar-refractivity contribution in [1.29, 1.82) is 0 Å². The second-order valence-electron chi connectivity index (χ2n) is 5.00. The van der Waals surface area contributed by atoms with Crippen molar-refractivity contribution in [3.63, 3.8) is 0 Å². The molecule has 0 radical (unpaired) electrons. The van der Waals surface area contributed by atoms with Gasteiger partial charge in [-0.05, 0) is 26.7 Å². The Hall–Kier alpha value is -2.18. The summed E-state index contributed by atoms with van der Waals surface area (Å²) >= 11 is 0. The number of nitrogens with zero attached hydrogens (tertiary/aromatic N) is 1. The molecule has 1 heterocycles. The largest absolute Gasteiger partial charge is 0.466 e. The zero-order chi connectivity index (χ0) is 15.4. The quantitative estimate of drug-likeness (QED) is 0.749. The number of carbonyl (C=O) groups is 2. The zero-order valence-corrected chi connectivity index (χ0v) is 12.2. The fourth-order valence-electron chi connectivity index (χ4n) is 2.02. The maximum Gasteiger partial charge on any atom is 0.307 e. The van der Waals surface area contributed by atoms with Crippen LogP contribution in [-0.4, -0.2) is 35.0 Å². The number of ether oxygens (including phenoxy) is 1. The van der Waals surface area contributed by atoms with Gasteiger partial charge in [-0.2, -0.15) is 0 Å². The fourth-order valence-corrected chi connectivity index (χ4v) is 2.02. The molecule has 2 N–H and O–H groups in total. The molecule has 7 heteroatoms. The number of H-pyrrole nitrogens is 1. The molecule has 1 aliphatic carbocycles. The summed E-state index contributed by atoms with van der Waals surface area (Å²) in [5, 5.41) is 2.53. The monoisotopic (exact) mass is 293 g/mol. The summed E-state index contributed by atoms with van der Waals surface area (Å²) in [6.45, 7) is 3.78. The molecule has 114 valence electrons. The minimum absolute atomic E-state index is 0.00302. The number of nitrogens with one attached hydrogen (secondary N) is 2. The van der Waals surface area contributed by atoms with E-state index in [0.29, 0.717) is 24.0 Å². The molecule has 0 saturated heterocycles. The van der Waals surface area contributed by atoms with Crippen LogP contribution in [-0.2, 0) is 9.53 Å². The predicted octanol–water partition coefficient (Wildman–Crippen LogP) is 0.639. The maximum absolute atomic E-state index is 12.0. The zero-order valence-electron chi connectivity index (χ0n) is 12.2. The Morgan fingerprint density at radius 1 is 1.43 bits per heavy atom. The summed E-state index contributed by atoms with van der Waals surface area (Å²) in [4.78, 5) is 42.1. The fraction of sp³-hybridized carbons (Fsp3) is 0.571. The van der Waals surface area contributed by atoms with E-state index in [1.165, 1.54) is 0 Å². The third kappa shape index (κ3) is 3.90. The molecule has 2 rings (SSSR count). The van der Waals surface area contributed by atoms with Crippen molar-refractivity contribution in [2.24, 2.45) is 0 Å². The summed E-state index contributed by atoms with van der Waals surface area (Å²) in [6.07, 6.45) is 2.12. The van der Waals surface area contributed by atoms with Crippen LogP contribution in [0.3, 0.4) is 0 Å². The van der Waals surface area contributed by atoms with Gasteiger partial charge in [-0.15, -0.1) is 0 Å². The van der Waals surface area contributed by atoms with Gasteiger partial charge in [-0.25, -0.2) is 4.98 Å². The van der Waals surface area contributed by atoms with Gasteiger partial charge in [-0.1, -0.05) is 0 Å². The van der Waals surface area contributed by atoms with Gasteiger partial charge in [0.25, 0.3) is 11.5 Å². The van der Waals surface area contributed by atoms with Crippen molar-refractivity contribution < 1.29 is 14.3 Å². The average molecular weight is 293 g/mol. The molecule has 1 aliphatic rings. The normalized spacial score (nSPS) is 13.8. The van der Waals surface area contributed by atoms with Gasteiger partial charge >= 0.3 is 5.97 Å². The highest BCUT2D eigenvalue weighted by Gasteiger charge is 2.27. The van der Waals surface area contributed by atoms with Crippen LogP contribution in [0.25, 0.3) is 0 Å². The standard InChI is InChI=1S/C14H19N3O4/c1-3-21-10(18)6-7-15-13(19)11-8(2)16-12(9-4-5-9)17-14(11)20/h9H,3-7H2,1-2H3,(H,15,19)(H,16,17,20). The lowest BCUT2D eigenvalue weighted by atomic mass is 10.2. The van der Waals surface area contributed by atoms with Crippen molar-refractivity contribution in [1.82, 2.24) is 15.3 Å². The predicted molar refractivity (Wildman–Crippen MR) is 75.2 cm³/mol. The first-order valence-electron chi connectivity index (χ1n) is 7.07. The summed E-state index contributed by atoms with van der Waals surface area (Å²) in [5.74, 6) is 0.0661. The molecule has 0 unspecified atom stereocenters. The second-order valence-corrected chi connectivity index (χ2v) is 5.00. The number of aromatic nitrogens is 2. The Bertz CT molecular complexity index is 605. The Kier molecular flexibility index (Phi) is 4.72. The summed E-state index contributed by atoms with van der Waals surface area (Å²) in [7, 11) is 0. The number of amides is 1. The molecule has 1 saturated carbocycles. The average Bonchev–Trinajstić information content (AvgIpc) is 3.22. The molecule has 1 aromatic rings. The van der Waals surface area contributed by atoms with Crippen LogP contribution in [0.1, 0.15) is 54.0 Å². The number of aromatic amines is 1. The van der Waals surface area contributed by atoms with Crippen molar-refractivity contribution in [2.75, 3.05) is 13.2 Å². The number of aryl methyl sites for hydroxylation is 1. The van der Waals surface area contributed by atoms with Crippen molar-refractivity contribution >= 4 is 11.9 Å². The molecular weight excluding hydrogens is 274 g/mol. The molecule has 0 bridgehead atoms.